The summed E-state index contributed by atoms with van der Waals surface area (Å²) in [5.74, 6) is -1.02. The van der Waals surface area contributed by atoms with E-state index in [1.165, 1.54) is 18.4 Å². The van der Waals surface area contributed by atoms with Gasteiger partial charge in [-0.25, -0.2) is 13.4 Å². The van der Waals surface area contributed by atoms with E-state index in [4.69, 9.17) is 4.74 Å². The number of carbonyl (C=O) groups is 2. The molecule has 38 heavy (non-hydrogen) atoms. The Kier molecular flexibility index (Phi) is 6.59. The van der Waals surface area contributed by atoms with Crippen LogP contribution in [0.15, 0.2) is 64.0 Å². The van der Waals surface area contributed by atoms with Crippen molar-refractivity contribution in [1.82, 2.24) is 4.98 Å². The van der Waals surface area contributed by atoms with E-state index >= 15 is 4.39 Å². The van der Waals surface area contributed by atoms with Crippen molar-refractivity contribution in [3.63, 3.8) is 0 Å². The van der Waals surface area contributed by atoms with Crippen LogP contribution in [-0.4, -0.2) is 39.6 Å². The third-order valence-corrected chi connectivity index (χ3v) is 8.42. The highest BCUT2D eigenvalue weighted by Crippen LogP contribution is 2.37. The van der Waals surface area contributed by atoms with E-state index in [1.807, 2.05) is 24.3 Å². The predicted molar refractivity (Wildman–Crippen MR) is 144 cm³/mol. The second-order valence-electron chi connectivity index (χ2n) is 10.8. The summed E-state index contributed by atoms with van der Waals surface area (Å²) in [6, 6.07) is 14.7. The monoisotopic (exact) mass is 535 g/mol. The molecule has 0 saturated carbocycles. The van der Waals surface area contributed by atoms with Crippen molar-refractivity contribution in [2.24, 2.45) is 10.3 Å². The minimum absolute atomic E-state index is 0.0522. The molecule has 7 nitrogen and oxygen atoms in total. The summed E-state index contributed by atoms with van der Waals surface area (Å²) >= 11 is 0. The van der Waals surface area contributed by atoms with Gasteiger partial charge in [0.15, 0.2) is 0 Å². The first-order valence-electron chi connectivity index (χ1n) is 12.5. The summed E-state index contributed by atoms with van der Waals surface area (Å²) in [4.78, 5) is 31.7. The number of ether oxygens (including phenoxy) is 1. The Balaban J connectivity index is 1.39. The maximum absolute atomic E-state index is 15.0. The smallest absolute Gasteiger partial charge is 0.442 e. The molecule has 2 aromatic carbocycles. The number of fused-ring (bicyclic) bond motifs is 2. The Morgan fingerprint density at radius 3 is 2.55 bits per heavy atom. The minimum atomic E-state index is -3.45. The summed E-state index contributed by atoms with van der Waals surface area (Å²) in [5.41, 5.74) is 4.51. The van der Waals surface area contributed by atoms with Crippen molar-refractivity contribution in [3.05, 3.63) is 77.2 Å². The minimum Gasteiger partial charge on any atom is -0.442 e. The van der Waals surface area contributed by atoms with Crippen LogP contribution in [0.2, 0.25) is 0 Å². The number of anilines is 1. The molecule has 0 N–H and O–H groups in total. The second kappa shape index (κ2) is 9.62. The first-order valence-corrected chi connectivity index (χ1v) is 14.5. The fraction of sp³-hybridized carbons (Fsp3) is 0.345. The van der Waals surface area contributed by atoms with Gasteiger partial charge in [0.05, 0.1) is 20.3 Å². The fourth-order valence-corrected chi connectivity index (χ4v) is 6.26. The third-order valence-electron chi connectivity index (χ3n) is 6.79. The Morgan fingerprint density at radius 1 is 1.08 bits per heavy atom. The van der Waals surface area contributed by atoms with Gasteiger partial charge in [0.2, 0.25) is 5.91 Å². The molecule has 0 saturated heterocycles. The van der Waals surface area contributed by atoms with E-state index in [0.717, 1.165) is 22.4 Å². The highest BCUT2D eigenvalue weighted by atomic mass is 32.2. The Morgan fingerprint density at radius 2 is 1.84 bits per heavy atom. The average Bonchev–Trinajstić information content (AvgIpc) is 3.45. The summed E-state index contributed by atoms with van der Waals surface area (Å²) in [6.07, 6.45) is 3.66. The molecule has 0 radical (unpaired) electrons. The molecular weight excluding hydrogens is 505 g/mol. The zero-order chi connectivity index (χ0) is 27.2. The number of halogens is 1. The lowest BCUT2D eigenvalue weighted by Crippen LogP contribution is -2.35. The predicted octanol–water partition coefficient (Wildman–Crippen LogP) is 5.58. The highest BCUT2D eigenvalue weighted by molar-refractivity contribution is 7.93. The van der Waals surface area contributed by atoms with Crippen LogP contribution in [0, 0.1) is 11.7 Å². The van der Waals surface area contributed by atoms with Crippen molar-refractivity contribution in [3.8, 4) is 11.3 Å². The molecule has 2 heterocycles. The molecule has 2 amide bonds. The number of aromatic nitrogens is 1. The van der Waals surface area contributed by atoms with Gasteiger partial charge in [-0.3, -0.25) is 9.78 Å². The zero-order valence-electron chi connectivity index (χ0n) is 21.9. The van der Waals surface area contributed by atoms with Gasteiger partial charge >= 0.3 is 6.09 Å². The van der Waals surface area contributed by atoms with Gasteiger partial charge in [-0.1, -0.05) is 18.2 Å². The summed E-state index contributed by atoms with van der Waals surface area (Å²) < 4.78 is 37.2. The molecule has 1 aromatic heterocycles. The first kappa shape index (κ1) is 26.0. The molecule has 3 aromatic rings. The van der Waals surface area contributed by atoms with E-state index in [2.05, 4.69) is 21.5 Å². The highest BCUT2D eigenvalue weighted by Gasteiger charge is 2.35. The first-order chi connectivity index (χ1) is 17.9. The topological polar surface area (TPSA) is 88.9 Å². The van der Waals surface area contributed by atoms with Crippen molar-refractivity contribution < 1.29 is 22.9 Å². The Hall–Kier alpha value is -3.59. The van der Waals surface area contributed by atoms with Gasteiger partial charge in [0.1, 0.15) is 11.4 Å². The molecule has 1 aliphatic carbocycles. The number of benzene rings is 2. The molecule has 2 atom stereocenters. The number of pyridine rings is 1. The molecule has 198 valence electrons. The van der Waals surface area contributed by atoms with E-state index < -0.39 is 27.2 Å². The Bertz CT molecular complexity index is 1560. The zero-order valence-corrected chi connectivity index (χ0v) is 22.7. The summed E-state index contributed by atoms with van der Waals surface area (Å²) in [6.45, 7) is 5.41. The number of hydrogen-bond donors (Lipinski definition) is 0. The molecule has 2 aliphatic rings. The van der Waals surface area contributed by atoms with Crippen LogP contribution in [0.3, 0.4) is 0 Å². The maximum Gasteiger partial charge on any atom is 0.442 e. The molecule has 5 rings (SSSR count). The van der Waals surface area contributed by atoms with E-state index in [1.54, 1.807) is 31.9 Å². The molecule has 1 aliphatic heterocycles. The van der Waals surface area contributed by atoms with E-state index in [-0.39, 0.29) is 16.7 Å². The van der Waals surface area contributed by atoms with Crippen LogP contribution < -0.4 is 4.90 Å². The van der Waals surface area contributed by atoms with Gasteiger partial charge in [-0.05, 0) is 87.1 Å². The molecule has 0 bridgehead atoms. The maximum atomic E-state index is 15.0. The van der Waals surface area contributed by atoms with Crippen molar-refractivity contribution in [2.45, 2.75) is 50.5 Å². The average molecular weight is 536 g/mol. The van der Waals surface area contributed by atoms with Crippen LogP contribution in [0.5, 0.6) is 0 Å². The van der Waals surface area contributed by atoms with Gasteiger partial charge in [-0.15, -0.1) is 4.36 Å². The normalized spacial score (nSPS) is 17.9. The van der Waals surface area contributed by atoms with Crippen molar-refractivity contribution in [1.29, 1.82) is 0 Å². The SMILES string of the molecule is CC(C)(C)OC(=O)N=S(C)(=O)c1cc2c(cc1F)CCN2C(=O)[C@@H]1Cc2ccc(-c3ccccn3)cc2C1. The van der Waals surface area contributed by atoms with Gasteiger partial charge < -0.3 is 9.64 Å². The van der Waals surface area contributed by atoms with Crippen molar-refractivity contribution in [2.75, 3.05) is 17.7 Å². The molecule has 9 heteroatoms. The molecule has 0 spiro atoms. The van der Waals surface area contributed by atoms with E-state index in [0.29, 0.717) is 37.1 Å². The second-order valence-corrected chi connectivity index (χ2v) is 13.1. The molecule has 1 unspecified atom stereocenters. The van der Waals surface area contributed by atoms with Crippen LogP contribution in [-0.2, 0) is 38.5 Å². The fourth-order valence-electron chi connectivity index (χ4n) is 5.09. The summed E-state index contributed by atoms with van der Waals surface area (Å²) in [7, 11) is -3.45. The number of nitrogens with zero attached hydrogens (tertiary/aromatic N) is 3. The van der Waals surface area contributed by atoms with Crippen LogP contribution >= 0.6 is 0 Å². The van der Waals surface area contributed by atoms with Gasteiger partial charge in [-0.2, -0.15) is 0 Å². The molecular formula is C29H30FN3O4S. The van der Waals surface area contributed by atoms with Gasteiger partial charge in [0, 0.05) is 36.2 Å². The van der Waals surface area contributed by atoms with Crippen LogP contribution in [0.1, 0.15) is 37.5 Å². The standard InChI is InChI=1S/C29H30FN3O4S/c1-29(2,3)37-28(35)32-38(4,36)26-17-25-20(16-23(26)30)10-12-33(25)27(34)22-13-18-8-9-19(14-21(18)15-22)24-7-5-6-11-31-24/h5-9,11,14,16-17,22H,10,12-13,15H2,1-4H3/t22-,38?/m1/s1. The Labute approximate surface area is 222 Å². The number of hydrogen-bond acceptors (Lipinski definition) is 5. The quantitative estimate of drug-likeness (QED) is 0.437. The number of amides is 2. The molecule has 0 fully saturated rings. The number of carbonyl (C=O) groups excluding carboxylic acids is 2. The van der Waals surface area contributed by atoms with E-state index in [9.17, 15) is 13.8 Å². The number of rotatable bonds is 3. The summed E-state index contributed by atoms with van der Waals surface area (Å²) in [5, 5.41) is 0. The van der Waals surface area contributed by atoms with Crippen molar-refractivity contribution >= 4 is 27.4 Å². The lowest BCUT2D eigenvalue weighted by Gasteiger charge is -2.22. The van der Waals surface area contributed by atoms with Crippen LogP contribution in [0.4, 0.5) is 14.9 Å². The lowest BCUT2D eigenvalue weighted by molar-refractivity contribution is -0.122. The van der Waals surface area contributed by atoms with Gasteiger partial charge in [0.25, 0.3) is 0 Å². The lowest BCUT2D eigenvalue weighted by atomic mass is 10.0. The van der Waals surface area contributed by atoms with Crippen LogP contribution in [0.25, 0.3) is 11.3 Å². The third kappa shape index (κ3) is 5.20. The largest absolute Gasteiger partial charge is 0.442 e.